The summed E-state index contributed by atoms with van der Waals surface area (Å²) >= 11 is 0. The van der Waals surface area contributed by atoms with Crippen LogP contribution in [0.4, 0.5) is 8.78 Å². The van der Waals surface area contributed by atoms with Crippen LogP contribution in [0.2, 0.25) is 0 Å². The second kappa shape index (κ2) is 17.5. The zero-order valence-corrected chi connectivity index (χ0v) is 28.4. The molecule has 3 N–H and O–H groups in total. The quantitative estimate of drug-likeness (QED) is 0.0837. The van der Waals surface area contributed by atoms with Gasteiger partial charge in [0.05, 0.1) is 31.8 Å². The molecule has 48 heavy (non-hydrogen) atoms. The zero-order chi connectivity index (χ0) is 35.4. The average molecular weight is 713 g/mol. The van der Waals surface area contributed by atoms with Crippen molar-refractivity contribution >= 4 is 29.5 Å². The van der Waals surface area contributed by atoms with Crippen molar-refractivity contribution in [3.8, 4) is 11.5 Å². The van der Waals surface area contributed by atoms with Gasteiger partial charge in [-0.1, -0.05) is 48.5 Å². The van der Waals surface area contributed by atoms with Crippen LogP contribution in [-0.4, -0.2) is 64.9 Å². The van der Waals surface area contributed by atoms with E-state index in [0.29, 0.717) is 18.4 Å². The van der Waals surface area contributed by atoms with E-state index in [1.165, 1.54) is 75.6 Å². The Kier molecular flexibility index (Phi) is 14.1. The number of rotatable bonds is 19. The summed E-state index contributed by atoms with van der Waals surface area (Å²) in [5, 5.41) is 12.7. The van der Waals surface area contributed by atoms with E-state index in [0.717, 1.165) is 12.1 Å². The summed E-state index contributed by atoms with van der Waals surface area (Å²) in [4.78, 5) is 25.2. The number of esters is 1. The maximum atomic E-state index is 15.2. The van der Waals surface area contributed by atoms with Crippen molar-refractivity contribution in [2.75, 3.05) is 33.5 Å². The standard InChI is InChI=1S/C32H39F2N2O10PS/c1-4-45-47(40,46-5-2)32(33,34)24-18-16-23(17-19-24)22-26(36-48(41,42)25-12-7-6-8-13-25)30(38)35-20-9-10-21-44-28-15-11-14-27(37)29(28)31(39)43-3/h6-8,11-19,26,36-37H,4-5,9-10,20-22H2,1-3H3,(H,35,38). The SMILES string of the molecule is CCOP(=O)(OCC)C(F)(F)c1ccc(CC(NS(=O)(=O)c2ccccc2)C(=O)NCCCCOc2cccc(O)c2C(=O)OC)cc1. The third-order valence-electron chi connectivity index (χ3n) is 6.87. The minimum Gasteiger partial charge on any atom is -0.507 e. The summed E-state index contributed by atoms with van der Waals surface area (Å²) in [6.07, 6.45) is 0.620. The largest absolute Gasteiger partial charge is 0.507 e. The van der Waals surface area contributed by atoms with Crippen LogP contribution in [-0.2, 0) is 45.3 Å². The second-order valence-corrected chi connectivity index (χ2v) is 14.0. The van der Waals surface area contributed by atoms with Gasteiger partial charge in [-0.25, -0.2) is 13.2 Å². The van der Waals surface area contributed by atoms with Crippen LogP contribution in [0.25, 0.3) is 0 Å². The van der Waals surface area contributed by atoms with Crippen LogP contribution in [0.15, 0.2) is 77.7 Å². The number of sulfonamides is 1. The molecule has 0 heterocycles. The molecule has 1 unspecified atom stereocenters. The van der Waals surface area contributed by atoms with Crippen LogP contribution < -0.4 is 14.8 Å². The van der Waals surface area contributed by atoms with Crippen molar-refractivity contribution in [2.24, 2.45) is 0 Å². The molecule has 0 spiro atoms. The molecule has 0 saturated carbocycles. The number of methoxy groups -OCH3 is 1. The van der Waals surface area contributed by atoms with E-state index in [4.69, 9.17) is 13.8 Å². The number of aromatic hydroxyl groups is 1. The summed E-state index contributed by atoms with van der Waals surface area (Å²) in [5.74, 6) is -1.60. The first kappa shape index (κ1) is 38.6. The van der Waals surface area contributed by atoms with Crippen LogP contribution in [0.1, 0.15) is 48.2 Å². The van der Waals surface area contributed by atoms with E-state index in [1.807, 2.05) is 0 Å². The molecule has 0 aliphatic carbocycles. The van der Waals surface area contributed by atoms with E-state index < -0.39 is 46.8 Å². The Morgan fingerprint density at radius 1 is 0.938 bits per heavy atom. The molecule has 0 bridgehead atoms. The Bertz CT molecular complexity index is 1670. The minimum atomic E-state index is -4.84. The van der Waals surface area contributed by atoms with E-state index in [9.17, 15) is 27.7 Å². The number of ether oxygens (including phenoxy) is 2. The van der Waals surface area contributed by atoms with Gasteiger partial charge in [-0.3, -0.25) is 9.36 Å². The highest BCUT2D eigenvalue weighted by atomic mass is 32.2. The first-order chi connectivity index (χ1) is 22.8. The van der Waals surface area contributed by atoms with E-state index >= 15 is 8.78 Å². The molecule has 0 aliphatic rings. The number of alkyl halides is 2. The fourth-order valence-electron chi connectivity index (χ4n) is 4.51. The van der Waals surface area contributed by atoms with Crippen LogP contribution >= 0.6 is 7.60 Å². The molecule has 262 valence electrons. The Morgan fingerprint density at radius 3 is 2.19 bits per heavy atom. The minimum absolute atomic E-state index is 0.0733. The number of nitrogens with one attached hydrogen (secondary N) is 2. The lowest BCUT2D eigenvalue weighted by atomic mass is 10.0. The lowest BCUT2D eigenvalue weighted by Crippen LogP contribution is -2.48. The molecular formula is C32H39F2N2O10PS. The van der Waals surface area contributed by atoms with Gasteiger partial charge in [0.15, 0.2) is 0 Å². The number of phenols is 1. The first-order valence-electron chi connectivity index (χ1n) is 15.0. The number of benzene rings is 3. The molecule has 0 aromatic heterocycles. The van der Waals surface area contributed by atoms with Gasteiger partial charge in [0.25, 0.3) is 0 Å². The molecule has 0 fully saturated rings. The predicted octanol–water partition coefficient (Wildman–Crippen LogP) is 5.36. The molecule has 1 atom stereocenters. The number of halogens is 2. The third-order valence-corrected chi connectivity index (χ3v) is 10.5. The second-order valence-electron chi connectivity index (χ2n) is 10.3. The molecule has 12 nitrogen and oxygen atoms in total. The number of carbonyl (C=O) groups excluding carboxylic acids is 2. The smallest absolute Gasteiger partial charge is 0.404 e. The predicted molar refractivity (Wildman–Crippen MR) is 173 cm³/mol. The normalized spacial score (nSPS) is 12.7. The highest BCUT2D eigenvalue weighted by Crippen LogP contribution is 2.66. The van der Waals surface area contributed by atoms with Gasteiger partial charge in [-0.15, -0.1) is 0 Å². The molecule has 3 rings (SSSR count). The fourth-order valence-corrected chi connectivity index (χ4v) is 7.27. The molecule has 3 aromatic carbocycles. The van der Waals surface area contributed by atoms with E-state index in [-0.39, 0.29) is 54.7 Å². The molecule has 0 saturated heterocycles. The van der Waals surface area contributed by atoms with Gasteiger partial charge < -0.3 is 28.9 Å². The summed E-state index contributed by atoms with van der Waals surface area (Å²) in [6, 6.07) is 15.0. The number of hydrogen-bond donors (Lipinski definition) is 3. The van der Waals surface area contributed by atoms with Crippen molar-refractivity contribution in [3.63, 3.8) is 0 Å². The topological polar surface area (TPSA) is 167 Å². The van der Waals surface area contributed by atoms with Crippen molar-refractivity contribution in [3.05, 3.63) is 89.5 Å². The van der Waals surface area contributed by atoms with Gasteiger partial charge in [-0.05, 0) is 62.9 Å². The Balaban J connectivity index is 1.70. The van der Waals surface area contributed by atoms with Crippen LogP contribution in [0, 0.1) is 0 Å². The molecule has 1 amide bonds. The summed E-state index contributed by atoms with van der Waals surface area (Å²) in [7, 11) is -7.82. The van der Waals surface area contributed by atoms with Crippen LogP contribution in [0.3, 0.4) is 0 Å². The summed E-state index contributed by atoms with van der Waals surface area (Å²) in [6.45, 7) is 2.57. The number of carbonyl (C=O) groups is 2. The van der Waals surface area contributed by atoms with Crippen LogP contribution in [0.5, 0.6) is 11.5 Å². The molecule has 0 aliphatic heterocycles. The average Bonchev–Trinajstić information content (AvgIpc) is 3.06. The highest BCUT2D eigenvalue weighted by molar-refractivity contribution is 7.89. The Morgan fingerprint density at radius 2 is 1.58 bits per heavy atom. The first-order valence-corrected chi connectivity index (χ1v) is 18.1. The monoisotopic (exact) mass is 712 g/mol. The van der Waals surface area contributed by atoms with Crippen molar-refractivity contribution < 1.29 is 55.0 Å². The Labute approximate surface area is 278 Å². The third kappa shape index (κ3) is 9.83. The van der Waals surface area contributed by atoms with E-state index in [1.54, 1.807) is 6.07 Å². The van der Waals surface area contributed by atoms with Crippen molar-refractivity contribution in [2.45, 2.75) is 49.7 Å². The van der Waals surface area contributed by atoms with Crippen molar-refractivity contribution in [1.82, 2.24) is 10.0 Å². The number of hydrogen-bond acceptors (Lipinski definition) is 10. The van der Waals surface area contributed by atoms with Gasteiger partial charge in [0, 0.05) is 12.1 Å². The number of phenolic OH excluding ortho intramolecular Hbond substituents is 1. The maximum Gasteiger partial charge on any atom is 0.404 e. The lowest BCUT2D eigenvalue weighted by Gasteiger charge is -2.26. The highest BCUT2D eigenvalue weighted by Gasteiger charge is 2.54. The maximum absolute atomic E-state index is 15.2. The number of unbranched alkanes of at least 4 members (excludes halogenated alkanes) is 1. The number of amides is 1. The molecular weight excluding hydrogens is 673 g/mol. The summed E-state index contributed by atoms with van der Waals surface area (Å²) < 4.78 is 91.8. The molecule has 3 aromatic rings. The summed E-state index contributed by atoms with van der Waals surface area (Å²) in [5.41, 5.74) is -4.37. The van der Waals surface area contributed by atoms with Crippen molar-refractivity contribution in [1.29, 1.82) is 0 Å². The van der Waals surface area contributed by atoms with E-state index in [2.05, 4.69) is 14.8 Å². The zero-order valence-electron chi connectivity index (χ0n) is 26.7. The van der Waals surface area contributed by atoms with Gasteiger partial charge >= 0.3 is 19.2 Å². The Hall–Kier alpha value is -3.88. The molecule has 16 heteroatoms. The van der Waals surface area contributed by atoms with Gasteiger partial charge in [0.1, 0.15) is 23.1 Å². The lowest BCUT2D eigenvalue weighted by molar-refractivity contribution is -0.122. The van der Waals surface area contributed by atoms with Gasteiger partial charge in [-0.2, -0.15) is 13.5 Å². The van der Waals surface area contributed by atoms with Gasteiger partial charge in [0.2, 0.25) is 15.9 Å². The molecule has 0 radical (unpaired) electrons. The fraction of sp³-hybridized carbons (Fsp3) is 0.375.